The van der Waals surface area contributed by atoms with Crippen LogP contribution in [0.15, 0.2) is 18.2 Å². The number of alkyl halides is 1. The number of primary amides is 1. The minimum atomic E-state index is -1.87. The van der Waals surface area contributed by atoms with Crippen LogP contribution in [0.25, 0.3) is 0 Å². The molecule has 0 spiro atoms. The molecule has 0 aliphatic carbocycles. The van der Waals surface area contributed by atoms with Crippen molar-refractivity contribution >= 4 is 17.5 Å². The van der Waals surface area contributed by atoms with E-state index in [-0.39, 0.29) is 5.56 Å². The maximum Gasteiger partial charge on any atom is 0.237 e. The maximum atomic E-state index is 13.3. The van der Waals surface area contributed by atoms with Crippen LogP contribution in [0.1, 0.15) is 19.4 Å². The van der Waals surface area contributed by atoms with E-state index in [4.69, 9.17) is 23.1 Å². The highest BCUT2D eigenvalue weighted by Gasteiger charge is 2.50. The molecule has 19 heavy (non-hydrogen) atoms. The van der Waals surface area contributed by atoms with Crippen molar-refractivity contribution in [3.8, 4) is 0 Å². The molecule has 7 heteroatoms. The average Bonchev–Trinajstić information content (AvgIpc) is 2.29. The van der Waals surface area contributed by atoms with Crippen LogP contribution in [0, 0.1) is 11.6 Å². The average molecular weight is 293 g/mol. The summed E-state index contributed by atoms with van der Waals surface area (Å²) in [5.74, 6) is -3.21. The highest BCUT2D eigenvalue weighted by atomic mass is 35.5. The van der Waals surface area contributed by atoms with E-state index in [1.807, 2.05) is 0 Å². The third-order valence-electron chi connectivity index (χ3n) is 3.06. The largest absolute Gasteiger partial charge is 0.388 e. The number of aliphatic hydroxyl groups is 1. The quantitative estimate of drug-likeness (QED) is 0.723. The van der Waals surface area contributed by atoms with Crippen molar-refractivity contribution in [3.05, 3.63) is 35.4 Å². The van der Waals surface area contributed by atoms with Crippen molar-refractivity contribution in [2.75, 3.05) is 0 Å². The van der Waals surface area contributed by atoms with Crippen molar-refractivity contribution in [1.29, 1.82) is 0 Å². The maximum absolute atomic E-state index is 13.3. The zero-order valence-corrected chi connectivity index (χ0v) is 11.2. The Morgan fingerprint density at radius 1 is 1.37 bits per heavy atom. The lowest BCUT2D eigenvalue weighted by atomic mass is 9.74. The second-order valence-corrected chi connectivity index (χ2v) is 5.26. The molecule has 106 valence electrons. The fraction of sp³-hybridized carbons (Fsp3) is 0.417. The fourth-order valence-electron chi connectivity index (χ4n) is 1.79. The molecule has 1 aromatic carbocycles. The fourth-order valence-corrected chi connectivity index (χ4v) is 2.18. The molecule has 1 aromatic rings. The second-order valence-electron chi connectivity index (χ2n) is 4.82. The van der Waals surface area contributed by atoms with Gasteiger partial charge in [-0.1, -0.05) is 6.07 Å². The van der Waals surface area contributed by atoms with Gasteiger partial charge in [-0.15, -0.1) is 11.6 Å². The predicted octanol–water partition coefficient (Wildman–Crippen LogP) is 0.982. The van der Waals surface area contributed by atoms with E-state index < -0.39 is 34.1 Å². The van der Waals surface area contributed by atoms with Gasteiger partial charge < -0.3 is 16.6 Å². The molecule has 2 unspecified atom stereocenters. The van der Waals surface area contributed by atoms with Crippen molar-refractivity contribution in [2.45, 2.75) is 30.4 Å². The van der Waals surface area contributed by atoms with Crippen molar-refractivity contribution in [1.82, 2.24) is 0 Å². The van der Waals surface area contributed by atoms with Gasteiger partial charge in [0.1, 0.15) is 5.38 Å². The molecule has 0 fully saturated rings. The van der Waals surface area contributed by atoms with E-state index in [1.54, 1.807) is 0 Å². The van der Waals surface area contributed by atoms with E-state index in [1.165, 1.54) is 13.8 Å². The van der Waals surface area contributed by atoms with Crippen molar-refractivity contribution in [2.24, 2.45) is 11.5 Å². The highest BCUT2D eigenvalue weighted by molar-refractivity contribution is 6.31. The van der Waals surface area contributed by atoms with Crippen LogP contribution in [0.4, 0.5) is 8.78 Å². The lowest BCUT2D eigenvalue weighted by Crippen LogP contribution is -2.63. The summed E-state index contributed by atoms with van der Waals surface area (Å²) in [6.45, 7) is 2.60. The van der Waals surface area contributed by atoms with Gasteiger partial charge in [0.05, 0.1) is 11.1 Å². The summed E-state index contributed by atoms with van der Waals surface area (Å²) < 4.78 is 26.2. The molecule has 0 heterocycles. The molecule has 5 N–H and O–H groups in total. The van der Waals surface area contributed by atoms with Gasteiger partial charge >= 0.3 is 0 Å². The topological polar surface area (TPSA) is 89.3 Å². The van der Waals surface area contributed by atoms with Crippen molar-refractivity contribution < 1.29 is 18.7 Å². The Bertz CT molecular complexity index is 505. The molecule has 0 bridgehead atoms. The SMILES string of the molecule is CC(C)(O)C(N)(c1ccc(F)c(F)c1)C(Cl)C(N)=O. The number of rotatable bonds is 4. The number of nitrogens with two attached hydrogens (primary N) is 2. The molecular weight excluding hydrogens is 278 g/mol. The minimum Gasteiger partial charge on any atom is -0.388 e. The van der Waals surface area contributed by atoms with E-state index in [0.29, 0.717) is 0 Å². The van der Waals surface area contributed by atoms with Crippen molar-refractivity contribution in [3.63, 3.8) is 0 Å². The van der Waals surface area contributed by atoms with Gasteiger partial charge in [-0.3, -0.25) is 4.79 Å². The summed E-state index contributed by atoms with van der Waals surface area (Å²) in [5.41, 5.74) is 7.49. The smallest absolute Gasteiger partial charge is 0.237 e. The first-order valence-corrected chi connectivity index (χ1v) is 5.85. The van der Waals surface area contributed by atoms with E-state index in [2.05, 4.69) is 0 Å². The first-order valence-electron chi connectivity index (χ1n) is 5.42. The third-order valence-corrected chi connectivity index (χ3v) is 3.62. The molecule has 2 atom stereocenters. The Hall–Kier alpha value is -1.24. The Labute approximate surface area is 114 Å². The second kappa shape index (κ2) is 5.03. The number of hydrogen-bond acceptors (Lipinski definition) is 3. The van der Waals surface area contributed by atoms with Gasteiger partial charge in [0, 0.05) is 0 Å². The lowest BCUT2D eigenvalue weighted by Gasteiger charge is -2.42. The molecule has 0 radical (unpaired) electrons. The Morgan fingerprint density at radius 3 is 2.26 bits per heavy atom. The summed E-state index contributed by atoms with van der Waals surface area (Å²) in [4.78, 5) is 11.2. The van der Waals surface area contributed by atoms with Gasteiger partial charge in [0.15, 0.2) is 11.6 Å². The molecule has 0 saturated carbocycles. The first kappa shape index (κ1) is 15.8. The normalized spacial score (nSPS) is 16.8. The van der Waals surface area contributed by atoms with Crippen LogP contribution >= 0.6 is 11.6 Å². The Balaban J connectivity index is 3.48. The molecule has 0 aliphatic rings. The first-order chi connectivity index (χ1) is 8.51. The standard InChI is InChI=1S/C12H15ClF2N2O2/c1-11(2,19)12(17,9(13)10(16)18)6-3-4-7(14)8(15)5-6/h3-5,9,19H,17H2,1-2H3,(H2,16,18). The van der Waals surface area contributed by atoms with Gasteiger partial charge in [-0.2, -0.15) is 0 Å². The van der Waals surface area contributed by atoms with E-state index in [9.17, 15) is 18.7 Å². The van der Waals surface area contributed by atoms with Gasteiger partial charge in [-0.05, 0) is 31.5 Å². The van der Waals surface area contributed by atoms with Crippen LogP contribution in [0.5, 0.6) is 0 Å². The summed E-state index contributed by atoms with van der Waals surface area (Å²) >= 11 is 5.86. The molecular formula is C12H15ClF2N2O2. The number of hydrogen-bond donors (Lipinski definition) is 3. The zero-order valence-electron chi connectivity index (χ0n) is 10.5. The number of halogens is 3. The lowest BCUT2D eigenvalue weighted by molar-refractivity contribution is -0.121. The van der Waals surface area contributed by atoms with Crippen LogP contribution < -0.4 is 11.5 Å². The van der Waals surface area contributed by atoms with Gasteiger partial charge in [0.2, 0.25) is 5.91 Å². The molecule has 0 aliphatic heterocycles. The van der Waals surface area contributed by atoms with Crippen LogP contribution in [0.3, 0.4) is 0 Å². The third kappa shape index (κ3) is 2.70. The van der Waals surface area contributed by atoms with E-state index >= 15 is 0 Å². The van der Waals surface area contributed by atoms with Crippen LogP contribution in [0.2, 0.25) is 0 Å². The molecule has 1 amide bonds. The minimum absolute atomic E-state index is 0.0299. The van der Waals surface area contributed by atoms with Crippen LogP contribution in [-0.2, 0) is 10.3 Å². The molecule has 4 nitrogen and oxygen atoms in total. The number of carbonyl (C=O) groups excluding carboxylic acids is 1. The van der Waals surface area contributed by atoms with Crippen LogP contribution in [-0.4, -0.2) is 22.0 Å². The number of benzene rings is 1. The molecule has 0 saturated heterocycles. The zero-order chi connectivity index (χ0) is 15.0. The van der Waals surface area contributed by atoms with Gasteiger partial charge in [-0.25, -0.2) is 8.78 Å². The van der Waals surface area contributed by atoms with Gasteiger partial charge in [0.25, 0.3) is 0 Å². The summed E-state index contributed by atoms with van der Waals surface area (Å²) in [6, 6.07) is 2.77. The Kier molecular flexibility index (Phi) is 4.19. The number of carbonyl (C=O) groups is 1. The molecule has 0 aromatic heterocycles. The predicted molar refractivity (Wildman–Crippen MR) is 67.4 cm³/mol. The highest BCUT2D eigenvalue weighted by Crippen LogP contribution is 2.36. The Morgan fingerprint density at radius 2 is 1.89 bits per heavy atom. The van der Waals surface area contributed by atoms with E-state index in [0.717, 1.165) is 18.2 Å². The monoisotopic (exact) mass is 292 g/mol. The summed E-state index contributed by atoms with van der Waals surface area (Å²) in [5, 5.41) is 8.63. The summed E-state index contributed by atoms with van der Waals surface area (Å²) in [7, 11) is 0. The molecule has 1 rings (SSSR count). The number of amides is 1. The summed E-state index contributed by atoms with van der Waals surface area (Å²) in [6.07, 6.45) is 0.